The van der Waals surface area contributed by atoms with E-state index in [4.69, 9.17) is 15.2 Å². The van der Waals surface area contributed by atoms with E-state index in [-0.39, 0.29) is 23.1 Å². The van der Waals surface area contributed by atoms with Crippen molar-refractivity contribution >= 4 is 17.2 Å². The van der Waals surface area contributed by atoms with Crippen LogP contribution in [0.1, 0.15) is 0 Å². The van der Waals surface area contributed by atoms with Crippen LogP contribution in [0.15, 0.2) is 6.07 Å². The minimum Gasteiger partial charge on any atom is -0.479 e. The van der Waals surface area contributed by atoms with E-state index in [1.807, 2.05) is 0 Å². The molecule has 0 fully saturated rings. The van der Waals surface area contributed by atoms with Crippen molar-refractivity contribution in [3.63, 3.8) is 0 Å². The Morgan fingerprint density at radius 1 is 1.56 bits per heavy atom. The van der Waals surface area contributed by atoms with Crippen molar-refractivity contribution in [2.24, 2.45) is 0 Å². The van der Waals surface area contributed by atoms with Crippen molar-refractivity contribution in [1.29, 1.82) is 0 Å². The molecule has 100 valence electrons. The zero-order valence-electron chi connectivity index (χ0n) is 10.5. The van der Waals surface area contributed by atoms with E-state index in [9.17, 15) is 10.1 Å². The molecule has 0 saturated carbocycles. The minimum atomic E-state index is -0.526. The van der Waals surface area contributed by atoms with Gasteiger partial charge in [-0.15, -0.1) is 0 Å². The Morgan fingerprint density at radius 3 is 2.72 bits per heavy atom. The highest BCUT2D eigenvalue weighted by Crippen LogP contribution is 2.32. The lowest BCUT2D eigenvalue weighted by Gasteiger charge is -2.18. The van der Waals surface area contributed by atoms with Crippen LogP contribution >= 0.6 is 0 Å². The molecule has 1 heterocycles. The van der Waals surface area contributed by atoms with Crippen LogP contribution in [0, 0.1) is 10.1 Å². The predicted octanol–water partition coefficient (Wildman–Crippen LogP) is 0.663. The van der Waals surface area contributed by atoms with Gasteiger partial charge >= 0.3 is 5.69 Å². The number of aromatic nitrogens is 1. The van der Waals surface area contributed by atoms with E-state index in [0.717, 1.165) is 0 Å². The smallest absolute Gasteiger partial charge is 0.313 e. The molecule has 0 radical (unpaired) electrons. The third kappa shape index (κ3) is 2.98. The van der Waals surface area contributed by atoms with Gasteiger partial charge in [0, 0.05) is 26.8 Å². The Bertz CT molecular complexity index is 438. The molecule has 1 aromatic rings. The fourth-order valence-corrected chi connectivity index (χ4v) is 1.40. The maximum Gasteiger partial charge on any atom is 0.313 e. The summed E-state index contributed by atoms with van der Waals surface area (Å²) in [5.41, 5.74) is 5.58. The van der Waals surface area contributed by atoms with E-state index < -0.39 is 4.92 Å². The quantitative estimate of drug-likeness (QED) is 0.589. The standard InChI is InChI=1S/C10H16N4O4/c1-13(4-5-17-2)9-8(14(15)16)6-7(11)10(12-9)18-3/h6H,4-5,11H2,1-3H3. The topological polar surface area (TPSA) is 104 Å². The molecule has 0 aliphatic carbocycles. The molecule has 18 heavy (non-hydrogen) atoms. The average Bonchev–Trinajstić information content (AvgIpc) is 2.35. The number of pyridine rings is 1. The Hall–Kier alpha value is -2.09. The number of hydrogen-bond donors (Lipinski definition) is 1. The van der Waals surface area contributed by atoms with Crippen molar-refractivity contribution in [2.45, 2.75) is 0 Å². The molecule has 0 unspecified atom stereocenters. The Kier molecular flexibility index (Phi) is 4.67. The summed E-state index contributed by atoms with van der Waals surface area (Å²) in [6.07, 6.45) is 0. The summed E-state index contributed by atoms with van der Waals surface area (Å²) in [6.45, 7) is 0.902. The molecule has 0 aliphatic rings. The van der Waals surface area contributed by atoms with Crippen molar-refractivity contribution in [1.82, 2.24) is 4.98 Å². The van der Waals surface area contributed by atoms with Crippen molar-refractivity contribution in [2.75, 3.05) is 45.1 Å². The largest absolute Gasteiger partial charge is 0.479 e. The molecular weight excluding hydrogens is 240 g/mol. The first kappa shape index (κ1) is 14.0. The van der Waals surface area contributed by atoms with Gasteiger partial charge in [-0.1, -0.05) is 0 Å². The molecule has 8 nitrogen and oxygen atoms in total. The van der Waals surface area contributed by atoms with Gasteiger partial charge in [0.15, 0.2) is 0 Å². The van der Waals surface area contributed by atoms with Crippen LogP contribution in [0.3, 0.4) is 0 Å². The number of likely N-dealkylation sites (N-methyl/N-ethyl adjacent to an activating group) is 1. The molecule has 8 heteroatoms. The van der Waals surface area contributed by atoms with Crippen molar-refractivity contribution in [3.05, 3.63) is 16.2 Å². The SMILES string of the molecule is COCCN(C)c1nc(OC)c(N)cc1[N+](=O)[O-]. The normalized spacial score (nSPS) is 10.2. The van der Waals surface area contributed by atoms with Crippen molar-refractivity contribution < 1.29 is 14.4 Å². The van der Waals surface area contributed by atoms with E-state index in [1.165, 1.54) is 13.2 Å². The predicted molar refractivity (Wildman–Crippen MR) is 67.0 cm³/mol. The second kappa shape index (κ2) is 6.01. The van der Waals surface area contributed by atoms with Gasteiger partial charge in [0.2, 0.25) is 11.7 Å². The Labute approximate surface area is 104 Å². The number of rotatable bonds is 6. The van der Waals surface area contributed by atoms with Gasteiger partial charge in [-0.2, -0.15) is 4.98 Å². The van der Waals surface area contributed by atoms with E-state index >= 15 is 0 Å². The first-order chi connectivity index (χ1) is 8.51. The number of nitrogens with zero attached hydrogens (tertiary/aromatic N) is 3. The van der Waals surface area contributed by atoms with Crippen LogP contribution in [-0.4, -0.2) is 44.3 Å². The second-order valence-corrected chi connectivity index (χ2v) is 3.60. The summed E-state index contributed by atoms with van der Waals surface area (Å²) < 4.78 is 9.88. The summed E-state index contributed by atoms with van der Waals surface area (Å²) in [6, 6.07) is 1.24. The van der Waals surface area contributed by atoms with Gasteiger partial charge in [0.25, 0.3) is 0 Å². The number of methoxy groups -OCH3 is 2. The highest BCUT2D eigenvalue weighted by molar-refractivity contribution is 5.66. The highest BCUT2D eigenvalue weighted by atomic mass is 16.6. The number of nitrogens with two attached hydrogens (primary N) is 1. The van der Waals surface area contributed by atoms with Gasteiger partial charge in [-0.25, -0.2) is 0 Å². The number of nitrogen functional groups attached to an aromatic ring is 1. The molecular formula is C10H16N4O4. The number of anilines is 2. The monoisotopic (exact) mass is 256 g/mol. The average molecular weight is 256 g/mol. The maximum absolute atomic E-state index is 11.0. The fourth-order valence-electron chi connectivity index (χ4n) is 1.40. The van der Waals surface area contributed by atoms with Crippen LogP contribution < -0.4 is 15.4 Å². The third-order valence-corrected chi connectivity index (χ3v) is 2.36. The maximum atomic E-state index is 11.0. The van der Waals surface area contributed by atoms with E-state index in [2.05, 4.69) is 4.98 Å². The van der Waals surface area contributed by atoms with Gasteiger partial charge in [0.1, 0.15) is 5.69 Å². The third-order valence-electron chi connectivity index (χ3n) is 2.36. The first-order valence-electron chi connectivity index (χ1n) is 5.20. The van der Waals surface area contributed by atoms with Crippen LogP contribution in [-0.2, 0) is 4.74 Å². The molecule has 0 aromatic carbocycles. The zero-order valence-corrected chi connectivity index (χ0v) is 10.5. The molecule has 0 amide bonds. The molecule has 1 aromatic heterocycles. The molecule has 2 N–H and O–H groups in total. The van der Waals surface area contributed by atoms with Gasteiger partial charge < -0.3 is 20.1 Å². The summed E-state index contributed by atoms with van der Waals surface area (Å²) in [5.74, 6) is 0.364. The fraction of sp³-hybridized carbons (Fsp3) is 0.500. The van der Waals surface area contributed by atoms with Gasteiger partial charge in [0.05, 0.1) is 18.6 Å². The van der Waals surface area contributed by atoms with Crippen LogP contribution in [0.5, 0.6) is 5.88 Å². The molecule has 0 spiro atoms. The lowest BCUT2D eigenvalue weighted by Crippen LogP contribution is -2.24. The van der Waals surface area contributed by atoms with Crippen LogP contribution in [0.4, 0.5) is 17.2 Å². The Balaban J connectivity index is 3.17. The minimum absolute atomic E-state index is 0.132. The lowest BCUT2D eigenvalue weighted by atomic mass is 10.3. The number of ether oxygens (including phenoxy) is 2. The molecule has 1 rings (SSSR count). The second-order valence-electron chi connectivity index (χ2n) is 3.60. The summed E-state index contributed by atoms with van der Waals surface area (Å²) >= 11 is 0. The molecule has 0 saturated heterocycles. The summed E-state index contributed by atoms with van der Waals surface area (Å²) in [7, 11) is 4.65. The van der Waals surface area contributed by atoms with Crippen LogP contribution in [0.25, 0.3) is 0 Å². The lowest BCUT2D eigenvalue weighted by molar-refractivity contribution is -0.384. The number of hydrogen-bond acceptors (Lipinski definition) is 7. The zero-order chi connectivity index (χ0) is 13.7. The van der Waals surface area contributed by atoms with E-state index in [1.54, 1.807) is 19.1 Å². The van der Waals surface area contributed by atoms with Crippen molar-refractivity contribution in [3.8, 4) is 5.88 Å². The molecule has 0 bridgehead atoms. The van der Waals surface area contributed by atoms with Crippen LogP contribution in [0.2, 0.25) is 0 Å². The summed E-state index contributed by atoms with van der Waals surface area (Å²) in [5, 5.41) is 11.0. The molecule has 0 atom stereocenters. The summed E-state index contributed by atoms with van der Waals surface area (Å²) in [4.78, 5) is 16.1. The van der Waals surface area contributed by atoms with Gasteiger partial charge in [-0.05, 0) is 0 Å². The molecule has 0 aliphatic heterocycles. The van der Waals surface area contributed by atoms with Gasteiger partial charge in [-0.3, -0.25) is 10.1 Å². The highest BCUT2D eigenvalue weighted by Gasteiger charge is 2.22. The van der Waals surface area contributed by atoms with E-state index in [0.29, 0.717) is 13.2 Å². The first-order valence-corrected chi connectivity index (χ1v) is 5.20. The Morgan fingerprint density at radius 2 is 2.22 bits per heavy atom. The number of nitro groups is 1.